The molecule has 30 heavy (non-hydrogen) atoms. The van der Waals surface area contributed by atoms with Gasteiger partial charge >= 0.3 is 0 Å². The SMILES string of the molecule is CCOC(CN1CCN(c2ccccn2)CC1)Cn1c(O)c2c(c1O)[C@H]1C=CC2C1. The molecule has 0 spiro atoms. The van der Waals surface area contributed by atoms with Crippen molar-refractivity contribution in [3.8, 4) is 11.8 Å². The number of piperazine rings is 1. The lowest BCUT2D eigenvalue weighted by Gasteiger charge is -2.37. The second-order valence-corrected chi connectivity index (χ2v) is 8.47. The summed E-state index contributed by atoms with van der Waals surface area (Å²) in [6.45, 7) is 7.57. The second kappa shape index (κ2) is 7.96. The van der Waals surface area contributed by atoms with Crippen LogP contribution >= 0.6 is 0 Å². The summed E-state index contributed by atoms with van der Waals surface area (Å²) in [4.78, 5) is 9.16. The second-order valence-electron chi connectivity index (χ2n) is 8.47. The highest BCUT2D eigenvalue weighted by Gasteiger charge is 2.41. The van der Waals surface area contributed by atoms with Crippen LogP contribution in [0.4, 0.5) is 5.82 Å². The minimum atomic E-state index is -0.0914. The summed E-state index contributed by atoms with van der Waals surface area (Å²) in [7, 11) is 0. The molecule has 3 aliphatic rings. The van der Waals surface area contributed by atoms with Gasteiger partial charge < -0.3 is 19.8 Å². The van der Waals surface area contributed by atoms with Crippen LogP contribution in [0.5, 0.6) is 11.8 Å². The lowest BCUT2D eigenvalue weighted by atomic mass is 10.0. The number of ether oxygens (including phenoxy) is 1. The van der Waals surface area contributed by atoms with Crippen LogP contribution in [0.2, 0.25) is 0 Å². The van der Waals surface area contributed by atoms with Crippen LogP contribution in [0.3, 0.4) is 0 Å². The van der Waals surface area contributed by atoms with Crippen LogP contribution < -0.4 is 4.90 Å². The molecular formula is C23H30N4O3. The van der Waals surface area contributed by atoms with Gasteiger partial charge in [0.15, 0.2) is 11.8 Å². The predicted molar refractivity (Wildman–Crippen MR) is 115 cm³/mol. The Bertz CT molecular complexity index is 883. The first-order valence-corrected chi connectivity index (χ1v) is 11.0. The Morgan fingerprint density at radius 1 is 1.03 bits per heavy atom. The maximum Gasteiger partial charge on any atom is 0.198 e. The molecule has 1 fully saturated rings. The zero-order chi connectivity index (χ0) is 20.7. The number of aromatic nitrogens is 2. The Balaban J connectivity index is 1.24. The van der Waals surface area contributed by atoms with Crippen LogP contribution in [0.1, 0.15) is 36.3 Å². The molecule has 2 N–H and O–H groups in total. The number of fused-ring (bicyclic) bond motifs is 5. The van der Waals surface area contributed by atoms with E-state index in [2.05, 4.69) is 33.0 Å². The number of nitrogens with zero attached hydrogens (tertiary/aromatic N) is 4. The van der Waals surface area contributed by atoms with Crippen molar-refractivity contribution in [1.82, 2.24) is 14.5 Å². The molecule has 2 aliphatic carbocycles. The molecular weight excluding hydrogens is 380 g/mol. The van der Waals surface area contributed by atoms with Crippen molar-refractivity contribution in [2.24, 2.45) is 0 Å². The minimum absolute atomic E-state index is 0.0914. The standard InChI is InChI=1S/C23H30N4O3/c1-2-30-18(14-25-9-11-26(12-10-25)19-5-3-4-8-24-19)15-27-22(28)20-16-6-7-17(13-16)21(20)23(27)29/h3-8,16-18,28-29H,2,9-15H2,1H3/t16-,17?,18?/m0/s1. The molecule has 0 amide bonds. The lowest BCUT2D eigenvalue weighted by molar-refractivity contribution is 0.0191. The minimum Gasteiger partial charge on any atom is -0.494 e. The van der Waals surface area contributed by atoms with Crippen molar-refractivity contribution >= 4 is 5.82 Å². The Labute approximate surface area is 177 Å². The van der Waals surface area contributed by atoms with Crippen molar-refractivity contribution in [3.05, 3.63) is 47.7 Å². The molecule has 0 aromatic carbocycles. The van der Waals surface area contributed by atoms with Gasteiger partial charge in [-0.05, 0) is 25.5 Å². The summed E-state index contributed by atoms with van der Waals surface area (Å²) in [5.74, 6) is 1.93. The van der Waals surface area contributed by atoms with Crippen molar-refractivity contribution in [3.63, 3.8) is 0 Å². The molecule has 3 atom stereocenters. The number of hydrogen-bond donors (Lipinski definition) is 2. The van der Waals surface area contributed by atoms with E-state index >= 15 is 0 Å². The zero-order valence-electron chi connectivity index (χ0n) is 17.4. The van der Waals surface area contributed by atoms with Crippen LogP contribution in [0.25, 0.3) is 0 Å². The maximum atomic E-state index is 10.8. The number of allylic oxidation sites excluding steroid dienone is 2. The molecule has 1 aliphatic heterocycles. The summed E-state index contributed by atoms with van der Waals surface area (Å²) >= 11 is 0. The van der Waals surface area contributed by atoms with Gasteiger partial charge in [0.05, 0.1) is 12.6 Å². The lowest BCUT2D eigenvalue weighted by Crippen LogP contribution is -2.49. The highest BCUT2D eigenvalue weighted by Crippen LogP contribution is 2.56. The van der Waals surface area contributed by atoms with E-state index in [1.165, 1.54) is 0 Å². The summed E-state index contributed by atoms with van der Waals surface area (Å²) in [6, 6.07) is 6.02. The van der Waals surface area contributed by atoms with Gasteiger partial charge in [-0.2, -0.15) is 0 Å². The predicted octanol–water partition coefficient (Wildman–Crippen LogP) is 2.66. The van der Waals surface area contributed by atoms with E-state index in [4.69, 9.17) is 4.74 Å². The first-order valence-electron chi connectivity index (χ1n) is 11.0. The summed E-state index contributed by atoms with van der Waals surface area (Å²) in [6.07, 6.45) is 7.02. The molecule has 2 bridgehead atoms. The van der Waals surface area contributed by atoms with Crippen molar-refractivity contribution in [2.45, 2.75) is 37.8 Å². The van der Waals surface area contributed by atoms with Crippen molar-refractivity contribution < 1.29 is 14.9 Å². The fourth-order valence-electron chi connectivity index (χ4n) is 5.25. The zero-order valence-corrected chi connectivity index (χ0v) is 17.4. The molecule has 2 unspecified atom stereocenters. The highest BCUT2D eigenvalue weighted by molar-refractivity contribution is 5.58. The smallest absolute Gasteiger partial charge is 0.198 e. The quantitative estimate of drug-likeness (QED) is 0.684. The van der Waals surface area contributed by atoms with Crippen LogP contribution in [0.15, 0.2) is 36.5 Å². The molecule has 7 heteroatoms. The van der Waals surface area contributed by atoms with Gasteiger partial charge in [0.25, 0.3) is 0 Å². The monoisotopic (exact) mass is 410 g/mol. The van der Waals surface area contributed by atoms with E-state index in [-0.39, 0.29) is 29.7 Å². The number of hydrogen-bond acceptors (Lipinski definition) is 6. The van der Waals surface area contributed by atoms with E-state index in [0.717, 1.165) is 56.1 Å². The van der Waals surface area contributed by atoms with E-state index < -0.39 is 0 Å². The average molecular weight is 411 g/mol. The maximum absolute atomic E-state index is 10.8. The highest BCUT2D eigenvalue weighted by atomic mass is 16.5. The number of rotatable bonds is 7. The Hall–Kier alpha value is -2.51. The van der Waals surface area contributed by atoms with E-state index in [9.17, 15) is 10.2 Å². The molecule has 160 valence electrons. The van der Waals surface area contributed by atoms with Crippen LogP contribution in [-0.2, 0) is 11.3 Å². The van der Waals surface area contributed by atoms with Gasteiger partial charge in [-0.15, -0.1) is 0 Å². The summed E-state index contributed by atoms with van der Waals surface area (Å²) < 4.78 is 7.67. The summed E-state index contributed by atoms with van der Waals surface area (Å²) in [5.41, 5.74) is 1.83. The first kappa shape index (κ1) is 19.5. The number of pyridine rings is 1. The number of aromatic hydroxyl groups is 2. The van der Waals surface area contributed by atoms with Gasteiger partial charge in [-0.3, -0.25) is 9.47 Å². The fraction of sp³-hybridized carbons (Fsp3) is 0.522. The molecule has 0 radical (unpaired) electrons. The van der Waals surface area contributed by atoms with Crippen LogP contribution in [0, 0.1) is 0 Å². The normalized spacial score (nSPS) is 23.8. The van der Waals surface area contributed by atoms with E-state index in [0.29, 0.717) is 13.2 Å². The first-order chi connectivity index (χ1) is 14.7. The third-order valence-corrected chi connectivity index (χ3v) is 6.70. The molecule has 3 heterocycles. The molecule has 0 saturated carbocycles. The molecule has 2 aromatic rings. The summed E-state index contributed by atoms with van der Waals surface area (Å²) in [5, 5.41) is 21.6. The van der Waals surface area contributed by atoms with Crippen LogP contribution in [-0.4, -0.2) is 70.1 Å². The topological polar surface area (TPSA) is 74.0 Å². The molecule has 2 aromatic heterocycles. The third kappa shape index (κ3) is 3.36. The molecule has 7 nitrogen and oxygen atoms in total. The largest absolute Gasteiger partial charge is 0.494 e. The fourth-order valence-corrected chi connectivity index (χ4v) is 5.25. The Morgan fingerprint density at radius 3 is 2.33 bits per heavy atom. The van der Waals surface area contributed by atoms with Gasteiger partial charge in [-0.25, -0.2) is 4.98 Å². The Morgan fingerprint density at radius 2 is 1.73 bits per heavy atom. The average Bonchev–Trinajstić information content (AvgIpc) is 3.45. The van der Waals surface area contributed by atoms with Gasteiger partial charge in [-0.1, -0.05) is 18.2 Å². The van der Waals surface area contributed by atoms with Gasteiger partial charge in [0, 0.05) is 68.5 Å². The van der Waals surface area contributed by atoms with Crippen molar-refractivity contribution in [1.29, 1.82) is 0 Å². The van der Waals surface area contributed by atoms with Gasteiger partial charge in [0.1, 0.15) is 5.82 Å². The third-order valence-electron chi connectivity index (χ3n) is 6.70. The van der Waals surface area contributed by atoms with Gasteiger partial charge in [0.2, 0.25) is 0 Å². The number of anilines is 1. The van der Waals surface area contributed by atoms with E-state index in [1.807, 2.05) is 25.3 Å². The van der Waals surface area contributed by atoms with Crippen molar-refractivity contribution in [2.75, 3.05) is 44.2 Å². The Kier molecular flexibility index (Phi) is 5.16. The molecule has 5 rings (SSSR count). The molecule has 1 saturated heterocycles. The van der Waals surface area contributed by atoms with E-state index in [1.54, 1.807) is 4.57 Å².